The molecule has 0 atom stereocenters. The number of nitrogens with one attached hydrogen (secondary N) is 2. The molecule has 0 saturated heterocycles. The number of carbonyl (C=O) groups excluding carboxylic acids is 2. The fraction of sp³-hybridized carbons (Fsp3) is 0.0526. The van der Waals surface area contributed by atoms with Gasteiger partial charge in [0.05, 0.1) is 5.56 Å². The zero-order valence-corrected chi connectivity index (χ0v) is 14.6. The second kappa shape index (κ2) is 7.76. The Balaban J connectivity index is 1.69. The number of rotatable bonds is 5. The molecule has 0 aliphatic carbocycles. The highest BCUT2D eigenvalue weighted by Gasteiger charge is 2.09. The monoisotopic (exact) mass is 366 g/mol. The maximum absolute atomic E-state index is 12.3. The number of Topliss-reactive ketones (excluding diaryl/α,β-unsaturated/α-hetero) is 1. The summed E-state index contributed by atoms with van der Waals surface area (Å²) in [5, 5.41) is 6.32. The van der Waals surface area contributed by atoms with Gasteiger partial charge in [0.15, 0.2) is 5.78 Å². The van der Waals surface area contributed by atoms with Crippen molar-refractivity contribution in [1.82, 2.24) is 9.97 Å². The minimum atomic E-state index is -0.361. The van der Waals surface area contributed by atoms with Crippen molar-refractivity contribution in [2.24, 2.45) is 0 Å². The third-order valence-corrected chi connectivity index (χ3v) is 3.76. The lowest BCUT2D eigenvalue weighted by atomic mass is 10.1. The fourth-order valence-corrected chi connectivity index (χ4v) is 2.41. The normalized spacial score (nSPS) is 10.2. The molecule has 1 aromatic heterocycles. The van der Waals surface area contributed by atoms with Crippen LogP contribution in [-0.2, 0) is 0 Å². The first-order chi connectivity index (χ1) is 12.5. The van der Waals surface area contributed by atoms with E-state index >= 15 is 0 Å². The van der Waals surface area contributed by atoms with Gasteiger partial charge in [-0.25, -0.2) is 9.97 Å². The maximum Gasteiger partial charge on any atom is 0.258 e. The summed E-state index contributed by atoms with van der Waals surface area (Å²) >= 11 is 5.93. The second-order valence-electron chi connectivity index (χ2n) is 5.52. The van der Waals surface area contributed by atoms with Crippen LogP contribution in [0.1, 0.15) is 27.6 Å². The number of amides is 1. The minimum Gasteiger partial charge on any atom is -0.324 e. The van der Waals surface area contributed by atoms with Crippen LogP contribution in [-0.4, -0.2) is 21.7 Å². The van der Waals surface area contributed by atoms with Gasteiger partial charge in [-0.2, -0.15) is 0 Å². The lowest BCUT2D eigenvalue weighted by Crippen LogP contribution is -2.13. The van der Waals surface area contributed by atoms with Crippen molar-refractivity contribution in [1.29, 1.82) is 0 Å². The first kappa shape index (κ1) is 17.6. The van der Waals surface area contributed by atoms with Crippen LogP contribution in [0.3, 0.4) is 0 Å². The highest BCUT2D eigenvalue weighted by atomic mass is 35.5. The molecule has 2 N–H and O–H groups in total. The summed E-state index contributed by atoms with van der Waals surface area (Å²) in [6.45, 7) is 1.47. The molecule has 0 fully saturated rings. The molecule has 0 saturated carbocycles. The molecule has 3 aromatic rings. The fourth-order valence-electron chi connectivity index (χ4n) is 2.22. The Morgan fingerprint density at radius 2 is 1.62 bits per heavy atom. The Hall–Kier alpha value is -3.25. The molecule has 0 aliphatic heterocycles. The smallest absolute Gasteiger partial charge is 0.258 e. The molecule has 1 heterocycles. The first-order valence-electron chi connectivity index (χ1n) is 7.78. The van der Waals surface area contributed by atoms with Gasteiger partial charge >= 0.3 is 0 Å². The number of hydrogen-bond acceptors (Lipinski definition) is 5. The second-order valence-corrected chi connectivity index (χ2v) is 5.96. The molecule has 3 rings (SSSR count). The Kier molecular flexibility index (Phi) is 5.24. The zero-order valence-electron chi connectivity index (χ0n) is 13.9. The predicted octanol–water partition coefficient (Wildman–Crippen LogP) is 4.33. The average Bonchev–Trinajstić information content (AvgIpc) is 2.62. The number of halogens is 1. The van der Waals surface area contributed by atoms with Gasteiger partial charge in [-0.05, 0) is 37.3 Å². The third kappa shape index (κ3) is 4.43. The van der Waals surface area contributed by atoms with Gasteiger partial charge in [-0.1, -0.05) is 29.8 Å². The molecule has 26 heavy (non-hydrogen) atoms. The first-order valence-corrected chi connectivity index (χ1v) is 8.16. The van der Waals surface area contributed by atoms with Crippen LogP contribution in [0.25, 0.3) is 0 Å². The highest BCUT2D eigenvalue weighted by molar-refractivity contribution is 6.30. The van der Waals surface area contributed by atoms with E-state index in [0.29, 0.717) is 27.8 Å². The van der Waals surface area contributed by atoms with Gasteiger partial charge in [0.1, 0.15) is 0 Å². The van der Waals surface area contributed by atoms with E-state index in [1.165, 1.54) is 19.3 Å². The van der Waals surface area contributed by atoms with Gasteiger partial charge in [0.25, 0.3) is 5.91 Å². The maximum atomic E-state index is 12.3. The van der Waals surface area contributed by atoms with E-state index in [4.69, 9.17) is 11.6 Å². The lowest BCUT2D eigenvalue weighted by molar-refractivity contribution is 0.101. The molecular weight excluding hydrogens is 352 g/mol. The molecular formula is C19H15ClN4O2. The van der Waals surface area contributed by atoms with Crippen molar-refractivity contribution in [3.8, 4) is 0 Å². The van der Waals surface area contributed by atoms with Crippen molar-refractivity contribution in [2.75, 3.05) is 10.6 Å². The minimum absolute atomic E-state index is 0.0686. The summed E-state index contributed by atoms with van der Waals surface area (Å²) in [7, 11) is 0. The van der Waals surface area contributed by atoms with Crippen molar-refractivity contribution >= 4 is 40.6 Å². The van der Waals surface area contributed by atoms with Crippen molar-refractivity contribution < 1.29 is 9.59 Å². The molecule has 0 radical (unpaired) electrons. The van der Waals surface area contributed by atoms with Crippen LogP contribution < -0.4 is 10.6 Å². The van der Waals surface area contributed by atoms with Crippen molar-refractivity contribution in [2.45, 2.75) is 6.92 Å². The highest BCUT2D eigenvalue weighted by Crippen LogP contribution is 2.18. The summed E-state index contributed by atoms with van der Waals surface area (Å²) in [5.41, 5.74) is 2.11. The summed E-state index contributed by atoms with van der Waals surface area (Å²) < 4.78 is 0. The number of hydrogen-bond donors (Lipinski definition) is 2. The summed E-state index contributed by atoms with van der Waals surface area (Å²) in [5.74, 6) is -0.0803. The number of carbonyl (C=O) groups is 2. The van der Waals surface area contributed by atoms with Crippen LogP contribution in [0, 0.1) is 0 Å². The van der Waals surface area contributed by atoms with E-state index in [9.17, 15) is 9.59 Å². The Morgan fingerprint density at radius 1 is 0.923 bits per heavy atom. The quantitative estimate of drug-likeness (QED) is 0.656. The Labute approximate surface area is 155 Å². The van der Waals surface area contributed by atoms with Gasteiger partial charge < -0.3 is 10.6 Å². The number of benzene rings is 2. The van der Waals surface area contributed by atoms with Gasteiger partial charge in [0, 0.05) is 34.4 Å². The Bertz CT molecular complexity index is 958. The molecule has 7 heteroatoms. The molecule has 0 aliphatic rings. The van der Waals surface area contributed by atoms with Gasteiger partial charge in [-0.3, -0.25) is 9.59 Å². The number of nitrogens with zero attached hydrogens (tertiary/aromatic N) is 2. The van der Waals surface area contributed by atoms with Crippen LogP contribution in [0.15, 0.2) is 60.9 Å². The predicted molar refractivity (Wildman–Crippen MR) is 101 cm³/mol. The van der Waals surface area contributed by atoms with E-state index in [2.05, 4.69) is 20.6 Å². The summed E-state index contributed by atoms with van der Waals surface area (Å²) in [6, 6.07) is 13.9. The third-order valence-electron chi connectivity index (χ3n) is 3.52. The topological polar surface area (TPSA) is 84.0 Å². The van der Waals surface area contributed by atoms with E-state index in [1.54, 1.807) is 36.4 Å². The van der Waals surface area contributed by atoms with Gasteiger partial charge in [-0.15, -0.1) is 0 Å². The summed E-state index contributed by atoms with van der Waals surface area (Å²) in [6.07, 6.45) is 2.84. The lowest BCUT2D eigenvalue weighted by Gasteiger charge is -2.07. The van der Waals surface area contributed by atoms with E-state index in [0.717, 1.165) is 5.69 Å². The summed E-state index contributed by atoms with van der Waals surface area (Å²) in [4.78, 5) is 32.0. The molecule has 0 unspecified atom stereocenters. The van der Waals surface area contributed by atoms with Crippen LogP contribution in [0.2, 0.25) is 5.02 Å². The number of ketones is 1. The molecule has 2 aromatic carbocycles. The molecule has 0 bridgehead atoms. The molecule has 130 valence electrons. The average molecular weight is 367 g/mol. The van der Waals surface area contributed by atoms with Crippen LogP contribution >= 0.6 is 11.6 Å². The SMILES string of the molecule is CC(=O)c1cccc(NC(=O)c2cnc(Nc3cccc(Cl)c3)nc2)c1. The van der Waals surface area contributed by atoms with Crippen LogP contribution in [0.4, 0.5) is 17.3 Å². The Morgan fingerprint density at radius 3 is 2.31 bits per heavy atom. The zero-order chi connectivity index (χ0) is 18.5. The van der Waals surface area contributed by atoms with Crippen LogP contribution in [0.5, 0.6) is 0 Å². The van der Waals surface area contributed by atoms with Gasteiger partial charge in [0.2, 0.25) is 5.95 Å². The van der Waals surface area contributed by atoms with E-state index < -0.39 is 0 Å². The molecule has 1 amide bonds. The molecule has 6 nitrogen and oxygen atoms in total. The van der Waals surface area contributed by atoms with E-state index in [-0.39, 0.29) is 11.7 Å². The van der Waals surface area contributed by atoms with Crippen molar-refractivity contribution in [3.05, 3.63) is 77.1 Å². The largest absolute Gasteiger partial charge is 0.324 e. The number of anilines is 3. The molecule has 0 spiro atoms. The van der Waals surface area contributed by atoms with E-state index in [1.807, 2.05) is 12.1 Å². The number of aromatic nitrogens is 2. The van der Waals surface area contributed by atoms with Crippen molar-refractivity contribution in [3.63, 3.8) is 0 Å². The standard InChI is InChI=1S/C19H15ClN4O2/c1-12(25)13-4-2-6-16(8-13)23-18(26)14-10-21-19(22-11-14)24-17-7-3-5-15(20)9-17/h2-11H,1H3,(H,23,26)(H,21,22,24).